The fraction of sp³-hybridized carbons (Fsp3) is 0.235. The van der Waals surface area contributed by atoms with E-state index >= 15 is 0 Å². The fourth-order valence-electron chi connectivity index (χ4n) is 1.76. The standard InChI is InChI=1S/C17H20N2O2/c1-12-7-9-14(10-8-12)21-16-6-4-3-5-15(16)19-17(20)13(2)11-18/h3-10,13H,11,18H2,1-2H3,(H,19,20). The predicted octanol–water partition coefficient (Wildman–Crippen LogP) is 3.32. The molecule has 0 aliphatic rings. The molecule has 0 saturated carbocycles. The van der Waals surface area contributed by atoms with Gasteiger partial charge in [0.1, 0.15) is 5.75 Å². The van der Waals surface area contributed by atoms with E-state index in [1.165, 1.54) is 5.56 Å². The molecule has 0 spiro atoms. The van der Waals surface area contributed by atoms with Crippen molar-refractivity contribution >= 4 is 11.6 Å². The number of nitrogens with two attached hydrogens (primary N) is 1. The second kappa shape index (κ2) is 6.90. The molecule has 2 aromatic carbocycles. The second-order valence-electron chi connectivity index (χ2n) is 5.04. The molecule has 1 amide bonds. The summed E-state index contributed by atoms with van der Waals surface area (Å²) in [6.07, 6.45) is 0. The first-order valence-electron chi connectivity index (χ1n) is 6.94. The SMILES string of the molecule is Cc1ccc(Oc2ccccc2NC(=O)C(C)CN)cc1. The molecule has 0 aliphatic heterocycles. The van der Waals surface area contributed by atoms with Crippen LogP contribution in [0.3, 0.4) is 0 Å². The van der Waals surface area contributed by atoms with E-state index in [2.05, 4.69) is 5.32 Å². The largest absolute Gasteiger partial charge is 0.455 e. The van der Waals surface area contributed by atoms with E-state index in [4.69, 9.17) is 10.5 Å². The number of hydrogen-bond acceptors (Lipinski definition) is 3. The van der Waals surface area contributed by atoms with E-state index in [1.807, 2.05) is 55.5 Å². The van der Waals surface area contributed by atoms with E-state index in [0.717, 1.165) is 5.75 Å². The number of para-hydroxylation sites is 2. The fourth-order valence-corrected chi connectivity index (χ4v) is 1.76. The van der Waals surface area contributed by atoms with Gasteiger partial charge in [-0.25, -0.2) is 0 Å². The first-order chi connectivity index (χ1) is 10.1. The lowest BCUT2D eigenvalue weighted by molar-refractivity contribution is -0.119. The van der Waals surface area contributed by atoms with Crippen LogP contribution in [0.4, 0.5) is 5.69 Å². The Morgan fingerprint density at radius 2 is 1.86 bits per heavy atom. The molecule has 2 aromatic rings. The lowest BCUT2D eigenvalue weighted by atomic mass is 10.1. The van der Waals surface area contributed by atoms with Gasteiger partial charge in [-0.05, 0) is 31.2 Å². The molecule has 0 radical (unpaired) electrons. The Kier molecular flexibility index (Phi) is 4.95. The van der Waals surface area contributed by atoms with Crippen molar-refractivity contribution in [3.8, 4) is 11.5 Å². The van der Waals surface area contributed by atoms with Crippen LogP contribution in [0, 0.1) is 12.8 Å². The van der Waals surface area contributed by atoms with Crippen molar-refractivity contribution in [2.45, 2.75) is 13.8 Å². The van der Waals surface area contributed by atoms with Gasteiger partial charge in [0.05, 0.1) is 5.69 Å². The summed E-state index contributed by atoms with van der Waals surface area (Å²) in [6, 6.07) is 15.1. The van der Waals surface area contributed by atoms with Gasteiger partial charge >= 0.3 is 0 Å². The number of rotatable bonds is 5. The van der Waals surface area contributed by atoms with Crippen LogP contribution in [0.5, 0.6) is 11.5 Å². The number of carbonyl (C=O) groups excluding carboxylic acids is 1. The highest BCUT2D eigenvalue weighted by Crippen LogP contribution is 2.29. The van der Waals surface area contributed by atoms with Crippen molar-refractivity contribution in [3.63, 3.8) is 0 Å². The molecule has 110 valence electrons. The van der Waals surface area contributed by atoms with Crippen molar-refractivity contribution in [3.05, 3.63) is 54.1 Å². The zero-order chi connectivity index (χ0) is 15.2. The minimum atomic E-state index is -0.238. The van der Waals surface area contributed by atoms with Crippen LogP contribution in [-0.4, -0.2) is 12.5 Å². The van der Waals surface area contributed by atoms with E-state index in [0.29, 0.717) is 18.0 Å². The van der Waals surface area contributed by atoms with E-state index in [9.17, 15) is 4.79 Å². The van der Waals surface area contributed by atoms with Crippen LogP contribution < -0.4 is 15.8 Å². The van der Waals surface area contributed by atoms with Crippen molar-refractivity contribution in [2.24, 2.45) is 11.7 Å². The van der Waals surface area contributed by atoms with Gasteiger partial charge in [0.25, 0.3) is 0 Å². The smallest absolute Gasteiger partial charge is 0.228 e. The third kappa shape index (κ3) is 4.07. The molecule has 3 N–H and O–H groups in total. The number of anilines is 1. The highest BCUT2D eigenvalue weighted by molar-refractivity contribution is 5.93. The third-order valence-corrected chi connectivity index (χ3v) is 3.19. The maximum atomic E-state index is 11.9. The Labute approximate surface area is 124 Å². The van der Waals surface area contributed by atoms with Gasteiger partial charge in [0, 0.05) is 12.5 Å². The van der Waals surface area contributed by atoms with Gasteiger partial charge < -0.3 is 15.8 Å². The zero-order valence-electron chi connectivity index (χ0n) is 12.3. The molecule has 21 heavy (non-hydrogen) atoms. The van der Waals surface area contributed by atoms with Gasteiger partial charge in [-0.3, -0.25) is 4.79 Å². The summed E-state index contributed by atoms with van der Waals surface area (Å²) in [5, 5.41) is 2.85. The Hall–Kier alpha value is -2.33. The minimum Gasteiger partial charge on any atom is -0.455 e. The van der Waals surface area contributed by atoms with Crippen LogP contribution in [-0.2, 0) is 4.79 Å². The molecule has 1 unspecified atom stereocenters. The summed E-state index contributed by atoms with van der Waals surface area (Å²) in [5.41, 5.74) is 7.32. The summed E-state index contributed by atoms with van der Waals surface area (Å²) >= 11 is 0. The summed E-state index contributed by atoms with van der Waals surface area (Å²) < 4.78 is 5.83. The maximum Gasteiger partial charge on any atom is 0.228 e. The quantitative estimate of drug-likeness (QED) is 0.885. The first kappa shape index (κ1) is 15.1. The number of carbonyl (C=O) groups is 1. The second-order valence-corrected chi connectivity index (χ2v) is 5.04. The third-order valence-electron chi connectivity index (χ3n) is 3.19. The molecule has 4 heteroatoms. The van der Waals surface area contributed by atoms with Crippen molar-refractivity contribution in [1.29, 1.82) is 0 Å². The molecule has 2 rings (SSSR count). The van der Waals surface area contributed by atoms with Gasteiger partial charge in [0.2, 0.25) is 5.91 Å². The molecule has 0 aliphatic carbocycles. The molecule has 4 nitrogen and oxygen atoms in total. The number of benzene rings is 2. The number of nitrogens with one attached hydrogen (secondary N) is 1. The Morgan fingerprint density at radius 3 is 2.52 bits per heavy atom. The van der Waals surface area contributed by atoms with Crippen LogP contribution >= 0.6 is 0 Å². The first-order valence-corrected chi connectivity index (χ1v) is 6.94. The van der Waals surface area contributed by atoms with Gasteiger partial charge in [-0.1, -0.05) is 36.8 Å². The average Bonchev–Trinajstić information content (AvgIpc) is 2.50. The molecule has 1 atom stereocenters. The average molecular weight is 284 g/mol. The minimum absolute atomic E-state index is 0.113. The Morgan fingerprint density at radius 1 is 1.19 bits per heavy atom. The Bertz CT molecular complexity index is 608. The molecular weight excluding hydrogens is 264 g/mol. The van der Waals surface area contributed by atoms with Gasteiger partial charge in [-0.15, -0.1) is 0 Å². The summed E-state index contributed by atoms with van der Waals surface area (Å²) in [4.78, 5) is 11.9. The van der Waals surface area contributed by atoms with Crippen LogP contribution in [0.15, 0.2) is 48.5 Å². The van der Waals surface area contributed by atoms with E-state index in [-0.39, 0.29) is 11.8 Å². The van der Waals surface area contributed by atoms with Gasteiger partial charge in [-0.2, -0.15) is 0 Å². The van der Waals surface area contributed by atoms with Crippen molar-refractivity contribution in [2.75, 3.05) is 11.9 Å². The normalized spacial score (nSPS) is 11.8. The topological polar surface area (TPSA) is 64.3 Å². The molecular formula is C17H20N2O2. The lowest BCUT2D eigenvalue weighted by Gasteiger charge is -2.14. The predicted molar refractivity (Wildman–Crippen MR) is 84.5 cm³/mol. The van der Waals surface area contributed by atoms with Gasteiger partial charge in [0.15, 0.2) is 5.75 Å². The molecule has 0 aromatic heterocycles. The number of amides is 1. The number of hydrogen-bond donors (Lipinski definition) is 2. The molecule has 0 fully saturated rings. The summed E-state index contributed by atoms with van der Waals surface area (Å²) in [6.45, 7) is 4.12. The van der Waals surface area contributed by atoms with E-state index < -0.39 is 0 Å². The lowest BCUT2D eigenvalue weighted by Crippen LogP contribution is -2.26. The van der Waals surface area contributed by atoms with Crippen LogP contribution in [0.25, 0.3) is 0 Å². The number of aryl methyl sites for hydroxylation is 1. The highest BCUT2D eigenvalue weighted by Gasteiger charge is 2.13. The molecule has 0 saturated heterocycles. The summed E-state index contributed by atoms with van der Waals surface area (Å²) in [5.74, 6) is 0.989. The van der Waals surface area contributed by atoms with E-state index in [1.54, 1.807) is 6.92 Å². The van der Waals surface area contributed by atoms with Crippen LogP contribution in [0.2, 0.25) is 0 Å². The maximum absolute atomic E-state index is 11.9. The monoisotopic (exact) mass is 284 g/mol. The zero-order valence-corrected chi connectivity index (χ0v) is 12.3. The van der Waals surface area contributed by atoms with Crippen LogP contribution in [0.1, 0.15) is 12.5 Å². The highest BCUT2D eigenvalue weighted by atomic mass is 16.5. The molecule has 0 bridgehead atoms. The van der Waals surface area contributed by atoms with Crippen molar-refractivity contribution < 1.29 is 9.53 Å². The molecule has 0 heterocycles. The van der Waals surface area contributed by atoms with Crippen molar-refractivity contribution in [1.82, 2.24) is 0 Å². The summed E-state index contributed by atoms with van der Waals surface area (Å²) in [7, 11) is 0. The number of ether oxygens (including phenoxy) is 1. The Balaban J connectivity index is 2.17.